The number of methoxy groups -OCH3 is 1. The van der Waals surface area contributed by atoms with E-state index in [1.54, 1.807) is 11.3 Å². The Bertz CT molecular complexity index is 302. The van der Waals surface area contributed by atoms with E-state index in [-0.39, 0.29) is 10.8 Å². The maximum Gasteiger partial charge on any atom is 0.320 e. The van der Waals surface area contributed by atoms with Crippen LogP contribution in [0.15, 0.2) is 17.5 Å². The molecule has 84 valence electrons. The first-order valence-electron chi connectivity index (χ1n) is 4.56. The molecule has 1 aromatic heterocycles. The molecule has 1 aromatic rings. The predicted molar refractivity (Wildman–Crippen MR) is 65.4 cm³/mol. The van der Waals surface area contributed by atoms with E-state index in [1.165, 1.54) is 12.0 Å². The topological polar surface area (TPSA) is 29.5 Å². The molecule has 15 heavy (non-hydrogen) atoms. The molecule has 0 saturated heterocycles. The molecule has 0 aliphatic heterocycles. The molecule has 1 atom stereocenters. The van der Waals surface area contributed by atoms with Gasteiger partial charge in [-0.05, 0) is 18.5 Å². The lowest BCUT2D eigenvalue weighted by atomic mass is 10.3. The highest BCUT2D eigenvalue weighted by atomic mass is 79.9. The van der Waals surface area contributed by atoms with Crippen molar-refractivity contribution in [2.75, 3.05) is 20.7 Å². The molecule has 0 aliphatic rings. The van der Waals surface area contributed by atoms with E-state index in [0.717, 1.165) is 6.54 Å². The van der Waals surface area contributed by atoms with Crippen molar-refractivity contribution >= 4 is 33.2 Å². The van der Waals surface area contributed by atoms with Gasteiger partial charge in [0.1, 0.15) is 4.83 Å². The van der Waals surface area contributed by atoms with E-state index in [9.17, 15) is 4.79 Å². The van der Waals surface area contributed by atoms with Gasteiger partial charge in [0.2, 0.25) is 0 Å². The quantitative estimate of drug-likeness (QED) is 0.615. The van der Waals surface area contributed by atoms with Crippen molar-refractivity contribution in [1.29, 1.82) is 0 Å². The molecule has 0 bridgehead atoms. The number of esters is 1. The minimum atomic E-state index is -0.257. The van der Waals surface area contributed by atoms with Crippen LogP contribution >= 0.6 is 27.3 Å². The summed E-state index contributed by atoms with van der Waals surface area (Å²) in [6.45, 7) is 1.50. The first kappa shape index (κ1) is 12.7. The van der Waals surface area contributed by atoms with Crippen molar-refractivity contribution in [2.24, 2.45) is 0 Å². The number of ether oxygens (including phenoxy) is 1. The van der Waals surface area contributed by atoms with E-state index in [2.05, 4.69) is 37.0 Å². The lowest BCUT2D eigenvalue weighted by Gasteiger charge is -2.17. The zero-order valence-electron chi connectivity index (χ0n) is 8.77. The minimum Gasteiger partial charge on any atom is -0.468 e. The third kappa shape index (κ3) is 4.32. The van der Waals surface area contributed by atoms with Gasteiger partial charge >= 0.3 is 5.97 Å². The van der Waals surface area contributed by atoms with Gasteiger partial charge < -0.3 is 4.74 Å². The standard InChI is InChI=1S/C10H14BrNO2S/c1-12(6-8-4-3-5-15-8)7-9(11)10(13)14-2/h3-5,9H,6-7H2,1-2H3. The summed E-state index contributed by atoms with van der Waals surface area (Å²) in [6.07, 6.45) is 0. The van der Waals surface area contributed by atoms with Gasteiger partial charge in [-0.1, -0.05) is 22.0 Å². The van der Waals surface area contributed by atoms with E-state index in [1.807, 2.05) is 13.1 Å². The van der Waals surface area contributed by atoms with Crippen LogP contribution < -0.4 is 0 Å². The fraction of sp³-hybridized carbons (Fsp3) is 0.500. The van der Waals surface area contributed by atoms with Crippen LogP contribution in [-0.2, 0) is 16.1 Å². The molecule has 0 aliphatic carbocycles. The average molecular weight is 292 g/mol. The van der Waals surface area contributed by atoms with Gasteiger partial charge in [-0.3, -0.25) is 9.69 Å². The van der Waals surface area contributed by atoms with Crippen LogP contribution in [0, 0.1) is 0 Å². The SMILES string of the molecule is COC(=O)C(Br)CN(C)Cc1cccs1. The third-order valence-electron chi connectivity index (χ3n) is 1.93. The van der Waals surface area contributed by atoms with E-state index >= 15 is 0 Å². The molecule has 0 N–H and O–H groups in total. The number of carbonyl (C=O) groups is 1. The van der Waals surface area contributed by atoms with E-state index < -0.39 is 0 Å². The third-order valence-corrected chi connectivity index (χ3v) is 3.46. The molecule has 0 saturated carbocycles. The summed E-state index contributed by atoms with van der Waals surface area (Å²) in [5, 5.41) is 2.05. The van der Waals surface area contributed by atoms with Gasteiger partial charge in [0, 0.05) is 18.0 Å². The second-order valence-electron chi connectivity index (χ2n) is 3.27. The highest BCUT2D eigenvalue weighted by Crippen LogP contribution is 2.12. The first-order valence-corrected chi connectivity index (χ1v) is 6.36. The van der Waals surface area contributed by atoms with Crippen molar-refractivity contribution in [3.05, 3.63) is 22.4 Å². The highest BCUT2D eigenvalue weighted by molar-refractivity contribution is 9.10. The van der Waals surface area contributed by atoms with E-state index in [0.29, 0.717) is 6.54 Å². The van der Waals surface area contributed by atoms with Crippen molar-refractivity contribution in [3.63, 3.8) is 0 Å². The molecule has 0 radical (unpaired) electrons. The number of nitrogens with zero attached hydrogens (tertiary/aromatic N) is 1. The number of rotatable bonds is 5. The zero-order chi connectivity index (χ0) is 11.3. The lowest BCUT2D eigenvalue weighted by molar-refractivity contribution is -0.140. The van der Waals surface area contributed by atoms with Gasteiger partial charge in [0.05, 0.1) is 7.11 Å². The molecule has 0 amide bonds. The highest BCUT2D eigenvalue weighted by Gasteiger charge is 2.17. The maximum absolute atomic E-state index is 11.2. The summed E-state index contributed by atoms with van der Waals surface area (Å²) in [7, 11) is 3.38. The molecule has 1 heterocycles. The van der Waals surface area contributed by atoms with Crippen molar-refractivity contribution in [2.45, 2.75) is 11.4 Å². The normalized spacial score (nSPS) is 12.8. The summed E-state index contributed by atoms with van der Waals surface area (Å²) in [6, 6.07) is 4.11. The molecule has 5 heteroatoms. The average Bonchev–Trinajstić information content (AvgIpc) is 2.68. The summed E-state index contributed by atoms with van der Waals surface area (Å²) in [5.74, 6) is -0.229. The van der Waals surface area contributed by atoms with E-state index in [4.69, 9.17) is 0 Å². The van der Waals surface area contributed by atoms with Crippen LogP contribution in [-0.4, -0.2) is 36.4 Å². The Morgan fingerprint density at radius 1 is 1.73 bits per heavy atom. The smallest absolute Gasteiger partial charge is 0.320 e. The monoisotopic (exact) mass is 291 g/mol. The molecule has 1 rings (SSSR count). The van der Waals surface area contributed by atoms with Gasteiger partial charge in [0.15, 0.2) is 0 Å². The fourth-order valence-electron chi connectivity index (χ4n) is 1.21. The first-order chi connectivity index (χ1) is 7.13. The second-order valence-corrected chi connectivity index (χ2v) is 5.40. The fourth-order valence-corrected chi connectivity index (χ4v) is 2.67. The lowest BCUT2D eigenvalue weighted by Crippen LogP contribution is -2.30. The Labute approximate surface area is 102 Å². The number of hydrogen-bond donors (Lipinski definition) is 0. The largest absolute Gasteiger partial charge is 0.468 e. The Morgan fingerprint density at radius 3 is 3.00 bits per heavy atom. The van der Waals surface area contributed by atoms with Crippen LogP contribution in [0.1, 0.15) is 4.88 Å². The summed E-state index contributed by atoms with van der Waals surface area (Å²) < 4.78 is 4.64. The van der Waals surface area contributed by atoms with Crippen molar-refractivity contribution in [1.82, 2.24) is 4.90 Å². The van der Waals surface area contributed by atoms with Gasteiger partial charge in [-0.25, -0.2) is 0 Å². The summed E-state index contributed by atoms with van der Waals surface area (Å²) >= 11 is 5.01. The Hall–Kier alpha value is -0.390. The minimum absolute atomic E-state index is 0.229. The zero-order valence-corrected chi connectivity index (χ0v) is 11.2. The molecule has 1 unspecified atom stereocenters. The van der Waals surface area contributed by atoms with Crippen LogP contribution in [0.5, 0.6) is 0 Å². The molecule has 0 aromatic carbocycles. The van der Waals surface area contributed by atoms with Gasteiger partial charge in [0.25, 0.3) is 0 Å². The Morgan fingerprint density at radius 2 is 2.47 bits per heavy atom. The number of halogens is 1. The van der Waals surface area contributed by atoms with Crippen molar-refractivity contribution < 1.29 is 9.53 Å². The number of carbonyl (C=O) groups excluding carboxylic acids is 1. The molecular formula is C10H14BrNO2S. The molecule has 0 fully saturated rings. The molecule has 3 nitrogen and oxygen atoms in total. The second kappa shape index (κ2) is 6.25. The van der Waals surface area contributed by atoms with Crippen molar-refractivity contribution in [3.8, 4) is 0 Å². The predicted octanol–water partition coefficient (Wildman–Crippen LogP) is 2.12. The summed E-state index contributed by atoms with van der Waals surface area (Å²) in [5.41, 5.74) is 0. The number of hydrogen-bond acceptors (Lipinski definition) is 4. The number of thiophene rings is 1. The molecule has 0 spiro atoms. The maximum atomic E-state index is 11.2. The van der Waals surface area contributed by atoms with Crippen LogP contribution in [0.4, 0.5) is 0 Å². The van der Waals surface area contributed by atoms with Crippen LogP contribution in [0.2, 0.25) is 0 Å². The Kier molecular flexibility index (Phi) is 5.28. The molecular weight excluding hydrogens is 278 g/mol. The number of alkyl halides is 1. The van der Waals surface area contributed by atoms with Gasteiger partial charge in [-0.15, -0.1) is 11.3 Å². The summed E-state index contributed by atoms with van der Waals surface area (Å²) in [4.78, 5) is 14.3. The van der Waals surface area contributed by atoms with Crippen LogP contribution in [0.25, 0.3) is 0 Å². The van der Waals surface area contributed by atoms with Crippen LogP contribution in [0.3, 0.4) is 0 Å². The van der Waals surface area contributed by atoms with Gasteiger partial charge in [-0.2, -0.15) is 0 Å². The Balaban J connectivity index is 2.35.